The molecule has 0 radical (unpaired) electrons. The first-order chi connectivity index (χ1) is 9.20. The summed E-state index contributed by atoms with van der Waals surface area (Å²) >= 11 is 15.5. The fourth-order valence-electron chi connectivity index (χ4n) is 1.73. The van der Waals surface area contributed by atoms with Crippen molar-refractivity contribution < 1.29 is 4.74 Å². The van der Waals surface area contributed by atoms with E-state index in [0.717, 1.165) is 5.33 Å². The van der Waals surface area contributed by atoms with Crippen LogP contribution in [0, 0.1) is 0 Å². The molecule has 0 amide bonds. The second-order valence-electron chi connectivity index (χ2n) is 4.15. The first-order valence-corrected chi connectivity index (χ1v) is 7.77. The Balaban J connectivity index is 2.06. The molecule has 4 heteroatoms. The van der Waals surface area contributed by atoms with E-state index in [9.17, 15) is 0 Å². The van der Waals surface area contributed by atoms with Crippen LogP contribution < -0.4 is 4.74 Å². The van der Waals surface area contributed by atoms with Crippen molar-refractivity contribution in [1.29, 1.82) is 0 Å². The van der Waals surface area contributed by atoms with E-state index < -0.39 is 0 Å². The van der Waals surface area contributed by atoms with Gasteiger partial charge in [-0.3, -0.25) is 0 Å². The van der Waals surface area contributed by atoms with Crippen LogP contribution in [-0.4, -0.2) is 11.9 Å². The molecule has 2 aromatic carbocycles. The van der Waals surface area contributed by atoms with E-state index in [1.54, 1.807) is 18.2 Å². The van der Waals surface area contributed by atoms with Crippen LogP contribution in [0.5, 0.6) is 5.75 Å². The zero-order valence-electron chi connectivity index (χ0n) is 10.2. The molecule has 19 heavy (non-hydrogen) atoms. The summed E-state index contributed by atoms with van der Waals surface area (Å²) in [6, 6.07) is 15.5. The normalized spacial score (nSPS) is 12.2. The molecule has 1 atom stereocenters. The molecular weight excluding hydrogens is 347 g/mol. The summed E-state index contributed by atoms with van der Waals surface area (Å²) in [6.07, 6.45) is 0. The average Bonchev–Trinajstić information content (AvgIpc) is 2.44. The predicted octanol–water partition coefficient (Wildman–Crippen LogP) is 5.55. The fraction of sp³-hybridized carbons (Fsp3) is 0.200. The SMILES string of the molecule is Clc1ccc(Cl)c(OCC(CBr)c2ccccc2)c1. The van der Waals surface area contributed by atoms with Gasteiger partial charge in [-0.25, -0.2) is 0 Å². The Morgan fingerprint density at radius 3 is 2.47 bits per heavy atom. The van der Waals surface area contributed by atoms with Gasteiger partial charge in [-0.15, -0.1) is 0 Å². The van der Waals surface area contributed by atoms with Crippen molar-refractivity contribution in [3.63, 3.8) is 0 Å². The van der Waals surface area contributed by atoms with Crippen molar-refractivity contribution in [2.45, 2.75) is 5.92 Å². The highest BCUT2D eigenvalue weighted by Crippen LogP contribution is 2.29. The molecule has 0 bridgehead atoms. The molecule has 0 aliphatic carbocycles. The molecule has 2 rings (SSSR count). The number of benzene rings is 2. The number of hydrogen-bond donors (Lipinski definition) is 0. The van der Waals surface area contributed by atoms with Crippen molar-refractivity contribution >= 4 is 39.1 Å². The molecule has 0 N–H and O–H groups in total. The number of rotatable bonds is 5. The summed E-state index contributed by atoms with van der Waals surface area (Å²) in [5.74, 6) is 0.896. The number of alkyl halides is 1. The molecule has 0 aromatic heterocycles. The van der Waals surface area contributed by atoms with Crippen LogP contribution in [0.15, 0.2) is 48.5 Å². The second kappa shape index (κ2) is 7.18. The molecule has 100 valence electrons. The lowest BCUT2D eigenvalue weighted by atomic mass is 10.0. The van der Waals surface area contributed by atoms with Gasteiger partial charge in [0.05, 0.1) is 11.6 Å². The standard InChI is InChI=1S/C15H13BrCl2O/c16-9-12(11-4-2-1-3-5-11)10-19-15-8-13(17)6-7-14(15)18/h1-8,12H,9-10H2. The van der Waals surface area contributed by atoms with Crippen LogP contribution >= 0.6 is 39.1 Å². The van der Waals surface area contributed by atoms with Gasteiger partial charge in [-0.1, -0.05) is 69.5 Å². The van der Waals surface area contributed by atoms with E-state index >= 15 is 0 Å². The van der Waals surface area contributed by atoms with Crippen molar-refractivity contribution in [1.82, 2.24) is 0 Å². The van der Waals surface area contributed by atoms with E-state index in [-0.39, 0.29) is 5.92 Å². The first kappa shape index (κ1) is 14.7. The van der Waals surface area contributed by atoms with Crippen LogP contribution in [-0.2, 0) is 0 Å². The summed E-state index contributed by atoms with van der Waals surface area (Å²) in [6.45, 7) is 0.551. The molecule has 0 aliphatic rings. The quantitative estimate of drug-likeness (QED) is 0.636. The van der Waals surface area contributed by atoms with E-state index in [2.05, 4.69) is 28.1 Å². The van der Waals surface area contributed by atoms with E-state index in [1.165, 1.54) is 5.56 Å². The maximum absolute atomic E-state index is 6.07. The van der Waals surface area contributed by atoms with Crippen molar-refractivity contribution in [3.05, 3.63) is 64.1 Å². The minimum absolute atomic E-state index is 0.274. The van der Waals surface area contributed by atoms with Crippen LogP contribution in [0.2, 0.25) is 10.0 Å². The Morgan fingerprint density at radius 2 is 1.79 bits per heavy atom. The first-order valence-electron chi connectivity index (χ1n) is 5.89. The third-order valence-electron chi connectivity index (χ3n) is 2.79. The van der Waals surface area contributed by atoms with Gasteiger partial charge in [0.15, 0.2) is 0 Å². The number of hydrogen-bond acceptors (Lipinski definition) is 1. The topological polar surface area (TPSA) is 9.23 Å². The van der Waals surface area contributed by atoms with Gasteiger partial charge in [-0.2, -0.15) is 0 Å². The third kappa shape index (κ3) is 4.13. The molecule has 2 aromatic rings. The highest BCUT2D eigenvalue weighted by Gasteiger charge is 2.12. The lowest BCUT2D eigenvalue weighted by Gasteiger charge is -2.16. The molecule has 0 fully saturated rings. The lowest BCUT2D eigenvalue weighted by molar-refractivity contribution is 0.298. The summed E-state index contributed by atoms with van der Waals surface area (Å²) in [5, 5.41) is 2.02. The van der Waals surface area contributed by atoms with Gasteiger partial charge >= 0.3 is 0 Å². The van der Waals surface area contributed by atoms with Gasteiger partial charge in [0.1, 0.15) is 5.75 Å². The fourth-order valence-corrected chi connectivity index (χ4v) is 2.63. The zero-order valence-corrected chi connectivity index (χ0v) is 13.3. The Labute approximate surface area is 131 Å². The minimum Gasteiger partial charge on any atom is -0.491 e. The van der Waals surface area contributed by atoms with Gasteiger partial charge in [0.2, 0.25) is 0 Å². The lowest BCUT2D eigenvalue weighted by Crippen LogP contribution is -2.11. The molecule has 0 heterocycles. The average molecular weight is 360 g/mol. The predicted molar refractivity (Wildman–Crippen MR) is 84.9 cm³/mol. The van der Waals surface area contributed by atoms with Crippen LogP contribution in [0.3, 0.4) is 0 Å². The maximum atomic E-state index is 6.07. The molecule has 0 spiro atoms. The maximum Gasteiger partial charge on any atom is 0.139 e. The Hall–Kier alpha value is -0.700. The highest BCUT2D eigenvalue weighted by molar-refractivity contribution is 9.09. The number of ether oxygens (including phenoxy) is 1. The van der Waals surface area contributed by atoms with E-state index in [0.29, 0.717) is 22.4 Å². The Bertz CT molecular complexity index is 531. The number of halogens is 3. The van der Waals surface area contributed by atoms with Crippen molar-refractivity contribution in [3.8, 4) is 5.75 Å². The largest absolute Gasteiger partial charge is 0.491 e. The van der Waals surface area contributed by atoms with E-state index in [4.69, 9.17) is 27.9 Å². The van der Waals surface area contributed by atoms with Crippen molar-refractivity contribution in [2.75, 3.05) is 11.9 Å². The second-order valence-corrected chi connectivity index (χ2v) is 5.64. The molecule has 0 aliphatic heterocycles. The Kier molecular flexibility index (Phi) is 5.56. The molecule has 0 saturated heterocycles. The summed E-state index contributed by atoms with van der Waals surface area (Å²) in [7, 11) is 0. The third-order valence-corrected chi connectivity index (χ3v) is 4.12. The summed E-state index contributed by atoms with van der Waals surface area (Å²) < 4.78 is 5.78. The molecular formula is C15H13BrCl2O. The van der Waals surface area contributed by atoms with Gasteiger partial charge in [0, 0.05) is 22.3 Å². The molecule has 0 saturated carbocycles. The summed E-state index contributed by atoms with van der Waals surface area (Å²) in [4.78, 5) is 0. The molecule has 1 unspecified atom stereocenters. The van der Waals surface area contributed by atoms with Crippen LogP contribution in [0.1, 0.15) is 11.5 Å². The van der Waals surface area contributed by atoms with E-state index in [1.807, 2.05) is 18.2 Å². The van der Waals surface area contributed by atoms with Crippen LogP contribution in [0.4, 0.5) is 0 Å². The minimum atomic E-state index is 0.274. The van der Waals surface area contributed by atoms with Gasteiger partial charge < -0.3 is 4.74 Å². The van der Waals surface area contributed by atoms with Crippen molar-refractivity contribution in [2.24, 2.45) is 0 Å². The smallest absolute Gasteiger partial charge is 0.139 e. The summed E-state index contributed by atoms with van der Waals surface area (Å²) in [5.41, 5.74) is 1.23. The Morgan fingerprint density at radius 1 is 1.05 bits per heavy atom. The van der Waals surface area contributed by atoms with Crippen LogP contribution in [0.25, 0.3) is 0 Å². The zero-order chi connectivity index (χ0) is 13.7. The monoisotopic (exact) mass is 358 g/mol. The van der Waals surface area contributed by atoms with Gasteiger partial charge in [-0.05, 0) is 17.7 Å². The molecule has 1 nitrogen and oxygen atoms in total. The highest BCUT2D eigenvalue weighted by atomic mass is 79.9. The van der Waals surface area contributed by atoms with Gasteiger partial charge in [0.25, 0.3) is 0 Å².